The van der Waals surface area contributed by atoms with Crippen LogP contribution in [0.5, 0.6) is 0 Å². The Labute approximate surface area is 397 Å². The molecular weight excluding hydrogens is 872 g/mol. The van der Waals surface area contributed by atoms with Crippen molar-refractivity contribution in [1.29, 1.82) is 5.26 Å². The lowest BCUT2D eigenvalue weighted by atomic mass is 9.95. The largest absolute Gasteiger partial charge is 0.417 e. The summed E-state index contributed by atoms with van der Waals surface area (Å²) in [6.07, 6.45) is -4.70. The normalized spacial score (nSPS) is 12.2. The first kappa shape index (κ1) is 39.8. The van der Waals surface area contributed by atoms with Gasteiger partial charge in [-0.15, -0.1) is 0 Å². The zero-order chi connectivity index (χ0) is 46.8. The molecule has 0 saturated heterocycles. The fourth-order valence-corrected chi connectivity index (χ4v) is 11.4. The summed E-state index contributed by atoms with van der Waals surface area (Å²) >= 11 is 0. The van der Waals surface area contributed by atoms with Crippen molar-refractivity contribution in [3.63, 3.8) is 0 Å². The highest BCUT2D eigenvalue weighted by Crippen LogP contribution is 2.48. The number of nitrogens with zero attached hydrogens (tertiary/aromatic N) is 5. The minimum absolute atomic E-state index is 0.00163. The summed E-state index contributed by atoms with van der Waals surface area (Å²) in [5, 5.41) is 19.5. The molecular formula is C62H36F3N5. The second kappa shape index (κ2) is 14.8. The lowest BCUT2D eigenvalue weighted by Gasteiger charge is -2.21. The van der Waals surface area contributed by atoms with Crippen LogP contribution >= 0.6 is 0 Å². The molecule has 4 aromatic heterocycles. The maximum Gasteiger partial charge on any atom is 0.417 e. The molecule has 14 aromatic rings. The van der Waals surface area contributed by atoms with Crippen LogP contribution in [-0.2, 0) is 6.18 Å². The molecule has 0 radical (unpaired) electrons. The average molecular weight is 908 g/mol. The molecule has 70 heavy (non-hydrogen) atoms. The molecule has 0 spiro atoms. The molecule has 0 bridgehead atoms. The van der Waals surface area contributed by atoms with Gasteiger partial charge < -0.3 is 18.3 Å². The van der Waals surface area contributed by atoms with Gasteiger partial charge in [-0.2, -0.15) is 18.4 Å². The summed E-state index contributed by atoms with van der Waals surface area (Å²) < 4.78 is 55.6. The third-order valence-electron chi connectivity index (χ3n) is 14.2. The topological polar surface area (TPSA) is 43.5 Å². The first-order chi connectivity index (χ1) is 34.4. The van der Waals surface area contributed by atoms with Crippen LogP contribution in [0.4, 0.5) is 13.2 Å². The number of rotatable bonds is 5. The average Bonchev–Trinajstić information content (AvgIpc) is 4.14. The maximum absolute atomic E-state index is 15.6. The van der Waals surface area contributed by atoms with Crippen LogP contribution in [0.3, 0.4) is 0 Å². The number of nitriles is 1. The molecule has 0 unspecified atom stereocenters. The van der Waals surface area contributed by atoms with Crippen molar-refractivity contribution in [3.05, 3.63) is 230 Å². The third-order valence-corrected chi connectivity index (χ3v) is 14.2. The van der Waals surface area contributed by atoms with Crippen LogP contribution in [0.25, 0.3) is 121 Å². The van der Waals surface area contributed by atoms with Crippen LogP contribution < -0.4 is 0 Å². The van der Waals surface area contributed by atoms with Crippen molar-refractivity contribution >= 4 is 87.2 Å². The van der Waals surface area contributed by atoms with E-state index >= 15 is 13.2 Å². The van der Waals surface area contributed by atoms with Gasteiger partial charge in [0.15, 0.2) is 0 Å². The monoisotopic (exact) mass is 907 g/mol. The van der Waals surface area contributed by atoms with Gasteiger partial charge >= 0.3 is 6.18 Å². The minimum Gasteiger partial charge on any atom is -0.307 e. The summed E-state index contributed by atoms with van der Waals surface area (Å²) in [6, 6.07) is 73.6. The van der Waals surface area contributed by atoms with Gasteiger partial charge in [0.05, 0.1) is 66.6 Å². The molecule has 0 amide bonds. The molecule has 8 heteroatoms. The Morgan fingerprint density at radius 3 is 1.11 bits per heavy atom. The lowest BCUT2D eigenvalue weighted by molar-refractivity contribution is -0.137. The highest BCUT2D eigenvalue weighted by Gasteiger charge is 2.35. The van der Waals surface area contributed by atoms with Gasteiger partial charge in [-0.25, -0.2) is 0 Å². The highest BCUT2D eigenvalue weighted by atomic mass is 19.4. The molecule has 0 fully saturated rings. The second-order valence-corrected chi connectivity index (χ2v) is 17.8. The van der Waals surface area contributed by atoms with Gasteiger partial charge in [-0.1, -0.05) is 152 Å². The van der Waals surface area contributed by atoms with Crippen molar-refractivity contribution in [2.75, 3.05) is 0 Å². The van der Waals surface area contributed by atoms with E-state index in [2.05, 4.69) is 109 Å². The van der Waals surface area contributed by atoms with E-state index in [1.54, 1.807) is 12.1 Å². The van der Waals surface area contributed by atoms with Gasteiger partial charge in [0.25, 0.3) is 0 Å². The first-order valence-electron chi connectivity index (χ1n) is 23.2. The van der Waals surface area contributed by atoms with E-state index < -0.39 is 11.7 Å². The van der Waals surface area contributed by atoms with Crippen molar-refractivity contribution in [2.45, 2.75) is 6.18 Å². The molecule has 0 aliphatic carbocycles. The lowest BCUT2D eigenvalue weighted by Crippen LogP contribution is -2.10. The molecule has 10 aromatic carbocycles. The second-order valence-electron chi connectivity index (χ2n) is 17.8. The molecule has 330 valence electrons. The van der Waals surface area contributed by atoms with E-state index in [0.29, 0.717) is 22.5 Å². The zero-order valence-corrected chi connectivity index (χ0v) is 37.2. The Bertz CT molecular complexity index is 4520. The quantitative estimate of drug-likeness (QED) is 0.170. The number of halogens is 3. The van der Waals surface area contributed by atoms with E-state index in [-0.39, 0.29) is 5.56 Å². The Morgan fingerprint density at radius 2 is 0.686 bits per heavy atom. The van der Waals surface area contributed by atoms with E-state index in [4.69, 9.17) is 0 Å². The van der Waals surface area contributed by atoms with Crippen molar-refractivity contribution in [3.8, 4) is 39.9 Å². The van der Waals surface area contributed by atoms with Crippen LogP contribution in [0.1, 0.15) is 11.1 Å². The molecule has 0 N–H and O–H groups in total. The Kier molecular flexibility index (Phi) is 8.44. The van der Waals surface area contributed by atoms with Crippen LogP contribution in [0.2, 0.25) is 0 Å². The van der Waals surface area contributed by atoms with Gasteiger partial charge in [0.1, 0.15) is 6.07 Å². The summed E-state index contributed by atoms with van der Waals surface area (Å²) in [6.45, 7) is 0. The number of para-hydroxylation sites is 6. The fraction of sp³-hybridized carbons (Fsp3) is 0.0161. The molecule has 4 heterocycles. The predicted molar refractivity (Wildman–Crippen MR) is 279 cm³/mol. The number of fused-ring (bicyclic) bond motifs is 14. The summed E-state index contributed by atoms with van der Waals surface area (Å²) in [5.74, 6) is 0. The molecule has 0 atom stereocenters. The number of benzene rings is 10. The van der Waals surface area contributed by atoms with Gasteiger partial charge in [-0.3, -0.25) is 0 Å². The number of hydrogen-bond acceptors (Lipinski definition) is 1. The number of hydrogen-bond donors (Lipinski definition) is 0. The Morgan fingerprint density at radius 1 is 0.329 bits per heavy atom. The number of alkyl halides is 3. The van der Waals surface area contributed by atoms with Crippen molar-refractivity contribution in [1.82, 2.24) is 18.3 Å². The minimum atomic E-state index is -4.70. The molecule has 5 nitrogen and oxygen atoms in total. The van der Waals surface area contributed by atoms with E-state index in [0.717, 1.165) is 105 Å². The van der Waals surface area contributed by atoms with Gasteiger partial charge in [-0.05, 0) is 72.3 Å². The van der Waals surface area contributed by atoms with Gasteiger partial charge in [0, 0.05) is 60.0 Å². The van der Waals surface area contributed by atoms with Crippen LogP contribution in [0, 0.1) is 11.3 Å². The maximum atomic E-state index is 15.6. The smallest absolute Gasteiger partial charge is 0.307 e. The SMILES string of the molecule is N#Cc1cc(-n2c3ccccc3c3ccc4c5ccccc5n(-c5ccccc5)c4c32)c(-c2ccccc2C(F)(F)F)cc1-n1c2ccccc2c2ccc3c4ccccc4n(-c4ccccc4)c3c21. The summed E-state index contributed by atoms with van der Waals surface area (Å²) in [5.41, 5.74) is 9.75. The van der Waals surface area contributed by atoms with Crippen molar-refractivity contribution < 1.29 is 13.2 Å². The zero-order valence-electron chi connectivity index (χ0n) is 37.2. The predicted octanol–water partition coefficient (Wildman–Crippen LogP) is 16.6. The summed E-state index contributed by atoms with van der Waals surface area (Å²) in [4.78, 5) is 0. The highest BCUT2D eigenvalue weighted by molar-refractivity contribution is 6.25. The standard InChI is InChI=1S/C62H36F3N5/c63-62(64,65)51-26-12-7-21-41(51)50-36-56(69-54-29-15-10-24-44(54)48-33-31-46-42-22-8-13-27-52(42)67(58(46)60(48)69)39-17-3-1-4-18-39)38(37-66)35-57(50)70-55-30-16-11-25-45(55)49-34-32-47-43-23-9-14-28-53(43)68(59(47)61(49)70)40-19-5-2-6-20-40/h1-36H. The molecule has 0 aliphatic heterocycles. The first-order valence-corrected chi connectivity index (χ1v) is 23.2. The molecule has 0 saturated carbocycles. The molecule has 0 aliphatic rings. The van der Waals surface area contributed by atoms with E-state index in [1.165, 1.54) is 6.07 Å². The molecule has 14 rings (SSSR count). The van der Waals surface area contributed by atoms with Crippen molar-refractivity contribution in [2.24, 2.45) is 0 Å². The van der Waals surface area contributed by atoms with Crippen LogP contribution in [0.15, 0.2) is 218 Å². The van der Waals surface area contributed by atoms with E-state index in [9.17, 15) is 5.26 Å². The van der Waals surface area contributed by atoms with Gasteiger partial charge in [0.2, 0.25) is 0 Å². The van der Waals surface area contributed by atoms with E-state index in [1.807, 2.05) is 109 Å². The third kappa shape index (κ3) is 5.54. The number of aromatic nitrogens is 4. The summed E-state index contributed by atoms with van der Waals surface area (Å²) in [7, 11) is 0. The van der Waals surface area contributed by atoms with Crippen LogP contribution in [-0.4, -0.2) is 18.3 Å². The fourth-order valence-electron chi connectivity index (χ4n) is 11.4. The Balaban J connectivity index is 1.19. The Hall–Kier alpha value is -9.32.